The number of carbonyl (C=O) groups excluding carboxylic acids is 1. The van der Waals surface area contributed by atoms with Gasteiger partial charge in [0.25, 0.3) is 5.91 Å². The number of carbonyl (C=O) groups is 1. The number of nitrogens with zero attached hydrogens (tertiary/aromatic N) is 1. The van der Waals surface area contributed by atoms with Crippen molar-refractivity contribution in [2.75, 3.05) is 26.7 Å². The highest BCUT2D eigenvalue weighted by molar-refractivity contribution is 7.14. The van der Waals surface area contributed by atoms with E-state index in [1.54, 1.807) is 18.0 Å². The molecule has 0 saturated heterocycles. The standard InChI is InChI=1S/C14H20N2O2S/c1-11(2)18-10-9-16(3)14(17)13-7-6-12(19-13)5-4-8-15/h6-7,11H,8-10,15H2,1-3H3. The van der Waals surface area contributed by atoms with Gasteiger partial charge in [-0.2, -0.15) is 0 Å². The fourth-order valence-corrected chi connectivity index (χ4v) is 2.25. The van der Waals surface area contributed by atoms with Crippen molar-refractivity contribution in [3.63, 3.8) is 0 Å². The summed E-state index contributed by atoms with van der Waals surface area (Å²) in [5.41, 5.74) is 5.31. The molecule has 0 spiro atoms. The van der Waals surface area contributed by atoms with Crippen molar-refractivity contribution in [1.82, 2.24) is 4.90 Å². The van der Waals surface area contributed by atoms with E-state index in [0.717, 1.165) is 4.88 Å². The van der Waals surface area contributed by atoms with Crippen molar-refractivity contribution in [1.29, 1.82) is 0 Å². The van der Waals surface area contributed by atoms with Crippen LogP contribution in [0.3, 0.4) is 0 Å². The van der Waals surface area contributed by atoms with Crippen LogP contribution >= 0.6 is 11.3 Å². The van der Waals surface area contributed by atoms with Crippen LogP contribution in [0.5, 0.6) is 0 Å². The summed E-state index contributed by atoms with van der Waals surface area (Å²) in [5, 5.41) is 0. The van der Waals surface area contributed by atoms with Crippen LogP contribution in [-0.4, -0.2) is 43.7 Å². The molecule has 1 aromatic rings. The lowest BCUT2D eigenvalue weighted by molar-refractivity contribution is 0.0534. The Labute approximate surface area is 118 Å². The molecule has 19 heavy (non-hydrogen) atoms. The van der Waals surface area contributed by atoms with Gasteiger partial charge in [-0.05, 0) is 26.0 Å². The van der Waals surface area contributed by atoms with Crippen molar-refractivity contribution in [3.8, 4) is 11.8 Å². The summed E-state index contributed by atoms with van der Waals surface area (Å²) in [7, 11) is 1.77. The molecule has 1 amide bonds. The van der Waals surface area contributed by atoms with Gasteiger partial charge in [0, 0.05) is 13.6 Å². The molecule has 0 aliphatic carbocycles. The molecule has 0 bridgehead atoms. The topological polar surface area (TPSA) is 55.6 Å². The van der Waals surface area contributed by atoms with E-state index in [-0.39, 0.29) is 12.0 Å². The Morgan fingerprint density at radius 2 is 2.26 bits per heavy atom. The molecule has 1 rings (SSSR count). The van der Waals surface area contributed by atoms with E-state index < -0.39 is 0 Å². The van der Waals surface area contributed by atoms with Crippen LogP contribution in [-0.2, 0) is 4.74 Å². The van der Waals surface area contributed by atoms with Gasteiger partial charge in [0.2, 0.25) is 0 Å². The van der Waals surface area contributed by atoms with Gasteiger partial charge in [-0.25, -0.2) is 0 Å². The van der Waals surface area contributed by atoms with Crippen LogP contribution in [0.1, 0.15) is 28.4 Å². The van der Waals surface area contributed by atoms with E-state index >= 15 is 0 Å². The third-order valence-corrected chi connectivity index (χ3v) is 3.34. The Bertz CT molecular complexity index is 471. The molecule has 2 N–H and O–H groups in total. The lowest BCUT2D eigenvalue weighted by Crippen LogP contribution is -2.30. The zero-order chi connectivity index (χ0) is 14.3. The molecule has 5 heteroatoms. The lowest BCUT2D eigenvalue weighted by atomic mass is 10.4. The highest BCUT2D eigenvalue weighted by Gasteiger charge is 2.13. The minimum absolute atomic E-state index is 0.00171. The molecule has 1 heterocycles. The van der Waals surface area contributed by atoms with E-state index in [9.17, 15) is 4.79 Å². The first-order valence-electron chi connectivity index (χ1n) is 6.20. The van der Waals surface area contributed by atoms with Gasteiger partial charge >= 0.3 is 0 Å². The molecule has 0 fully saturated rings. The van der Waals surface area contributed by atoms with Crippen LogP contribution in [0.4, 0.5) is 0 Å². The normalized spacial score (nSPS) is 10.2. The number of amides is 1. The fourth-order valence-electron chi connectivity index (χ4n) is 1.37. The molecule has 0 radical (unpaired) electrons. The number of rotatable bonds is 5. The van der Waals surface area contributed by atoms with Crippen LogP contribution in [0, 0.1) is 11.8 Å². The van der Waals surface area contributed by atoms with Crippen LogP contribution in [0.25, 0.3) is 0 Å². The summed E-state index contributed by atoms with van der Waals surface area (Å²) in [6.45, 7) is 5.41. The first kappa shape index (κ1) is 15.7. The quantitative estimate of drug-likeness (QED) is 0.833. The molecule has 0 saturated carbocycles. The van der Waals surface area contributed by atoms with Crippen molar-refractivity contribution in [2.45, 2.75) is 20.0 Å². The van der Waals surface area contributed by atoms with Crippen molar-refractivity contribution in [2.24, 2.45) is 5.73 Å². The maximum atomic E-state index is 12.1. The number of hydrogen-bond acceptors (Lipinski definition) is 4. The van der Waals surface area contributed by atoms with Gasteiger partial charge in [-0.15, -0.1) is 11.3 Å². The third kappa shape index (κ3) is 5.43. The fraction of sp³-hybridized carbons (Fsp3) is 0.500. The van der Waals surface area contributed by atoms with E-state index in [0.29, 0.717) is 24.6 Å². The summed E-state index contributed by atoms with van der Waals surface area (Å²) < 4.78 is 5.43. The smallest absolute Gasteiger partial charge is 0.263 e. The first-order chi connectivity index (χ1) is 9.04. The largest absolute Gasteiger partial charge is 0.377 e. The molecule has 0 unspecified atom stereocenters. The van der Waals surface area contributed by atoms with Gasteiger partial charge < -0.3 is 15.4 Å². The van der Waals surface area contributed by atoms with Gasteiger partial charge in [0.15, 0.2) is 0 Å². The average molecular weight is 280 g/mol. The number of hydrogen-bond donors (Lipinski definition) is 1. The van der Waals surface area contributed by atoms with E-state index in [1.165, 1.54) is 11.3 Å². The van der Waals surface area contributed by atoms with E-state index in [1.807, 2.05) is 19.9 Å². The molecule has 0 aromatic carbocycles. The zero-order valence-corrected chi connectivity index (χ0v) is 12.4. The van der Waals surface area contributed by atoms with Gasteiger partial charge in [0.1, 0.15) is 0 Å². The summed E-state index contributed by atoms with van der Waals surface area (Å²) in [6.07, 6.45) is 0.184. The van der Waals surface area contributed by atoms with Crippen molar-refractivity contribution >= 4 is 17.2 Å². The van der Waals surface area contributed by atoms with Gasteiger partial charge in [-0.3, -0.25) is 4.79 Å². The molecular formula is C14H20N2O2S. The van der Waals surface area contributed by atoms with Crippen LogP contribution in [0.15, 0.2) is 12.1 Å². The predicted molar refractivity (Wildman–Crippen MR) is 78.3 cm³/mol. The summed E-state index contributed by atoms with van der Waals surface area (Å²) in [4.78, 5) is 15.3. The zero-order valence-electron chi connectivity index (χ0n) is 11.6. The summed E-state index contributed by atoms with van der Waals surface area (Å²) >= 11 is 1.39. The minimum atomic E-state index is -0.00171. The number of nitrogens with two attached hydrogens (primary N) is 1. The highest BCUT2D eigenvalue weighted by atomic mass is 32.1. The maximum absolute atomic E-state index is 12.1. The van der Waals surface area contributed by atoms with Crippen molar-refractivity contribution in [3.05, 3.63) is 21.9 Å². The van der Waals surface area contributed by atoms with E-state index in [2.05, 4.69) is 11.8 Å². The average Bonchev–Trinajstić information content (AvgIpc) is 2.83. The van der Waals surface area contributed by atoms with Crippen LogP contribution < -0.4 is 5.73 Å². The molecular weight excluding hydrogens is 260 g/mol. The Balaban J connectivity index is 2.54. The third-order valence-electron chi connectivity index (χ3n) is 2.36. The Kier molecular flexibility index (Phi) is 6.57. The SMILES string of the molecule is CC(C)OCCN(C)C(=O)c1ccc(C#CCN)s1. The summed E-state index contributed by atoms with van der Waals surface area (Å²) in [6, 6.07) is 3.65. The summed E-state index contributed by atoms with van der Waals surface area (Å²) in [5.74, 6) is 5.70. The molecule has 0 atom stereocenters. The second-order valence-corrected chi connectivity index (χ2v) is 5.40. The second-order valence-electron chi connectivity index (χ2n) is 4.32. The molecule has 0 aliphatic rings. The molecule has 104 valence electrons. The predicted octanol–water partition coefficient (Wildman–Crippen LogP) is 1.56. The monoisotopic (exact) mass is 280 g/mol. The molecule has 1 aromatic heterocycles. The Morgan fingerprint density at radius 3 is 2.89 bits per heavy atom. The van der Waals surface area contributed by atoms with Gasteiger partial charge in [0.05, 0.1) is 29.0 Å². The van der Waals surface area contributed by atoms with Crippen molar-refractivity contribution < 1.29 is 9.53 Å². The molecule has 4 nitrogen and oxygen atoms in total. The lowest BCUT2D eigenvalue weighted by Gasteiger charge is -2.17. The number of thiophene rings is 1. The highest BCUT2D eigenvalue weighted by Crippen LogP contribution is 2.17. The van der Waals surface area contributed by atoms with Gasteiger partial charge in [-0.1, -0.05) is 11.8 Å². The Hall–Kier alpha value is -1.35. The van der Waals surface area contributed by atoms with E-state index in [4.69, 9.17) is 10.5 Å². The second kappa shape index (κ2) is 7.95. The number of likely N-dealkylation sites (N-methyl/N-ethyl adjacent to an activating group) is 1. The Morgan fingerprint density at radius 1 is 1.53 bits per heavy atom. The maximum Gasteiger partial charge on any atom is 0.263 e. The minimum Gasteiger partial charge on any atom is -0.377 e. The van der Waals surface area contributed by atoms with Crippen LogP contribution in [0.2, 0.25) is 0 Å². The molecule has 0 aliphatic heterocycles. The number of ether oxygens (including phenoxy) is 1. The first-order valence-corrected chi connectivity index (χ1v) is 7.02.